The third-order valence-electron chi connectivity index (χ3n) is 3.47. The maximum atomic E-state index is 12.2. The van der Waals surface area contributed by atoms with Gasteiger partial charge in [0, 0.05) is 25.5 Å². The van der Waals surface area contributed by atoms with Crippen molar-refractivity contribution in [2.24, 2.45) is 5.92 Å². The molecule has 1 fully saturated rings. The monoisotopic (exact) mass is 276 g/mol. The molecule has 1 aliphatic rings. The maximum absolute atomic E-state index is 12.2. The third-order valence-corrected chi connectivity index (χ3v) is 3.47. The highest BCUT2D eigenvalue weighted by Crippen LogP contribution is 2.18. The second-order valence-corrected chi connectivity index (χ2v) is 4.97. The standard InChI is InChI=1S/C15H20N2O3/c1-2-20-15(19)13-6-4-8-17(11-13)14(18)9-12-5-3-7-16-10-12/h3,5,7,10,13H,2,4,6,8-9,11H2,1H3/t13-/m1/s1. The number of carbonyl (C=O) groups is 2. The number of esters is 1. The topological polar surface area (TPSA) is 59.5 Å². The number of pyridine rings is 1. The van der Waals surface area contributed by atoms with E-state index < -0.39 is 0 Å². The van der Waals surface area contributed by atoms with Gasteiger partial charge in [-0.3, -0.25) is 14.6 Å². The molecule has 2 rings (SSSR count). The molecule has 0 aromatic carbocycles. The van der Waals surface area contributed by atoms with Crippen molar-refractivity contribution in [2.75, 3.05) is 19.7 Å². The van der Waals surface area contributed by atoms with Gasteiger partial charge in [-0.15, -0.1) is 0 Å². The lowest BCUT2D eigenvalue weighted by Crippen LogP contribution is -2.43. The zero-order valence-corrected chi connectivity index (χ0v) is 11.7. The molecular formula is C15H20N2O3. The van der Waals surface area contributed by atoms with Gasteiger partial charge in [0.2, 0.25) is 5.91 Å². The minimum absolute atomic E-state index is 0.0481. The number of piperidine rings is 1. The molecule has 0 saturated carbocycles. The van der Waals surface area contributed by atoms with E-state index in [1.54, 1.807) is 24.2 Å². The van der Waals surface area contributed by atoms with Gasteiger partial charge in [-0.05, 0) is 31.4 Å². The Morgan fingerprint density at radius 2 is 2.35 bits per heavy atom. The van der Waals surface area contributed by atoms with E-state index >= 15 is 0 Å². The molecule has 1 aromatic rings. The van der Waals surface area contributed by atoms with Crippen molar-refractivity contribution in [3.8, 4) is 0 Å². The smallest absolute Gasteiger partial charge is 0.310 e. The number of likely N-dealkylation sites (tertiary alicyclic amines) is 1. The van der Waals surface area contributed by atoms with E-state index in [0.29, 0.717) is 19.6 Å². The fraction of sp³-hybridized carbons (Fsp3) is 0.533. The Kier molecular flexibility index (Phi) is 5.09. The maximum Gasteiger partial charge on any atom is 0.310 e. The Balaban J connectivity index is 1.91. The number of rotatable bonds is 4. The third kappa shape index (κ3) is 3.79. The highest BCUT2D eigenvalue weighted by Gasteiger charge is 2.29. The second-order valence-electron chi connectivity index (χ2n) is 4.97. The van der Waals surface area contributed by atoms with Crippen molar-refractivity contribution in [1.82, 2.24) is 9.88 Å². The van der Waals surface area contributed by atoms with Crippen molar-refractivity contribution >= 4 is 11.9 Å². The zero-order chi connectivity index (χ0) is 14.4. The average molecular weight is 276 g/mol. The summed E-state index contributed by atoms with van der Waals surface area (Å²) in [5.41, 5.74) is 0.899. The fourth-order valence-corrected chi connectivity index (χ4v) is 2.45. The SMILES string of the molecule is CCOC(=O)[C@@H]1CCCN(C(=O)Cc2cccnc2)C1. The van der Waals surface area contributed by atoms with E-state index in [4.69, 9.17) is 4.74 Å². The molecule has 1 saturated heterocycles. The summed E-state index contributed by atoms with van der Waals surface area (Å²) in [5.74, 6) is -0.320. The summed E-state index contributed by atoms with van der Waals surface area (Å²) in [6.07, 6.45) is 5.37. The number of hydrogen-bond donors (Lipinski definition) is 0. The van der Waals surface area contributed by atoms with Crippen LogP contribution in [0.4, 0.5) is 0 Å². The molecule has 1 amide bonds. The molecule has 20 heavy (non-hydrogen) atoms. The van der Waals surface area contributed by atoms with Crippen LogP contribution in [0.5, 0.6) is 0 Å². The van der Waals surface area contributed by atoms with Gasteiger partial charge in [-0.25, -0.2) is 0 Å². The van der Waals surface area contributed by atoms with Crippen molar-refractivity contribution in [2.45, 2.75) is 26.2 Å². The first-order valence-electron chi connectivity index (χ1n) is 7.04. The molecule has 0 spiro atoms. The molecule has 0 bridgehead atoms. The molecule has 0 aliphatic carbocycles. The van der Waals surface area contributed by atoms with Crippen LogP contribution >= 0.6 is 0 Å². The molecule has 1 atom stereocenters. The number of nitrogens with zero attached hydrogens (tertiary/aromatic N) is 2. The normalized spacial score (nSPS) is 18.6. The number of amides is 1. The van der Waals surface area contributed by atoms with Crippen LogP contribution in [-0.2, 0) is 20.7 Å². The van der Waals surface area contributed by atoms with Gasteiger partial charge in [0.15, 0.2) is 0 Å². The van der Waals surface area contributed by atoms with Crippen LogP contribution in [0.15, 0.2) is 24.5 Å². The minimum atomic E-state index is -0.189. The minimum Gasteiger partial charge on any atom is -0.466 e. The summed E-state index contributed by atoms with van der Waals surface area (Å²) in [7, 11) is 0. The number of carbonyl (C=O) groups excluding carboxylic acids is 2. The zero-order valence-electron chi connectivity index (χ0n) is 11.7. The summed E-state index contributed by atoms with van der Waals surface area (Å²) in [6, 6.07) is 3.71. The molecular weight excluding hydrogens is 256 g/mol. The highest BCUT2D eigenvalue weighted by atomic mass is 16.5. The van der Waals surface area contributed by atoms with E-state index in [1.807, 2.05) is 12.1 Å². The molecule has 0 radical (unpaired) electrons. The van der Waals surface area contributed by atoms with Gasteiger partial charge < -0.3 is 9.64 Å². The van der Waals surface area contributed by atoms with Crippen LogP contribution in [0.2, 0.25) is 0 Å². The lowest BCUT2D eigenvalue weighted by atomic mass is 9.97. The predicted molar refractivity (Wildman–Crippen MR) is 73.9 cm³/mol. The van der Waals surface area contributed by atoms with Gasteiger partial charge in [0.05, 0.1) is 18.9 Å². The van der Waals surface area contributed by atoms with E-state index in [9.17, 15) is 9.59 Å². The molecule has 0 unspecified atom stereocenters. The van der Waals surface area contributed by atoms with Crippen LogP contribution in [0, 0.1) is 5.92 Å². The number of ether oxygens (including phenoxy) is 1. The van der Waals surface area contributed by atoms with Crippen LogP contribution in [0.1, 0.15) is 25.3 Å². The largest absolute Gasteiger partial charge is 0.466 e. The summed E-state index contributed by atoms with van der Waals surface area (Å²) in [5, 5.41) is 0. The van der Waals surface area contributed by atoms with Crippen LogP contribution in [-0.4, -0.2) is 41.5 Å². The Morgan fingerprint density at radius 3 is 3.05 bits per heavy atom. The number of aromatic nitrogens is 1. The van der Waals surface area contributed by atoms with Crippen molar-refractivity contribution in [3.05, 3.63) is 30.1 Å². The van der Waals surface area contributed by atoms with Crippen molar-refractivity contribution in [1.29, 1.82) is 0 Å². The summed E-state index contributed by atoms with van der Waals surface area (Å²) in [6.45, 7) is 3.37. The van der Waals surface area contributed by atoms with E-state index in [1.165, 1.54) is 0 Å². The van der Waals surface area contributed by atoms with Gasteiger partial charge in [-0.1, -0.05) is 6.07 Å². The Labute approximate surface area is 118 Å². The molecule has 0 N–H and O–H groups in total. The van der Waals surface area contributed by atoms with Crippen LogP contribution in [0.3, 0.4) is 0 Å². The van der Waals surface area contributed by atoms with Crippen LogP contribution < -0.4 is 0 Å². The molecule has 1 aliphatic heterocycles. The highest BCUT2D eigenvalue weighted by molar-refractivity contribution is 5.80. The van der Waals surface area contributed by atoms with Gasteiger partial charge in [-0.2, -0.15) is 0 Å². The lowest BCUT2D eigenvalue weighted by molar-refractivity contribution is -0.151. The Morgan fingerprint density at radius 1 is 1.50 bits per heavy atom. The first-order chi connectivity index (χ1) is 9.70. The summed E-state index contributed by atoms with van der Waals surface area (Å²) >= 11 is 0. The Bertz CT molecular complexity index is 461. The van der Waals surface area contributed by atoms with Crippen molar-refractivity contribution in [3.63, 3.8) is 0 Å². The lowest BCUT2D eigenvalue weighted by Gasteiger charge is -2.31. The van der Waals surface area contributed by atoms with Crippen molar-refractivity contribution < 1.29 is 14.3 Å². The van der Waals surface area contributed by atoms with E-state index in [2.05, 4.69) is 4.98 Å². The van der Waals surface area contributed by atoms with Gasteiger partial charge in [0.1, 0.15) is 0 Å². The second kappa shape index (κ2) is 7.03. The first-order valence-corrected chi connectivity index (χ1v) is 7.04. The van der Waals surface area contributed by atoms with Gasteiger partial charge >= 0.3 is 5.97 Å². The molecule has 108 valence electrons. The quantitative estimate of drug-likeness (QED) is 0.780. The summed E-state index contributed by atoms with van der Waals surface area (Å²) < 4.78 is 5.04. The molecule has 5 heteroatoms. The van der Waals surface area contributed by atoms with E-state index in [0.717, 1.165) is 24.9 Å². The first kappa shape index (κ1) is 14.5. The van der Waals surface area contributed by atoms with E-state index in [-0.39, 0.29) is 17.8 Å². The molecule has 1 aromatic heterocycles. The molecule has 5 nitrogen and oxygen atoms in total. The van der Waals surface area contributed by atoms with Gasteiger partial charge in [0.25, 0.3) is 0 Å². The van der Waals surface area contributed by atoms with Crippen LogP contribution in [0.25, 0.3) is 0 Å². The Hall–Kier alpha value is -1.91. The number of hydrogen-bond acceptors (Lipinski definition) is 4. The fourth-order valence-electron chi connectivity index (χ4n) is 2.45. The molecule has 2 heterocycles. The average Bonchev–Trinajstić information content (AvgIpc) is 2.48. The summed E-state index contributed by atoms with van der Waals surface area (Å²) in [4.78, 5) is 29.8. The predicted octanol–water partition coefficient (Wildman–Crippen LogP) is 1.43.